The number of sulfone groups is 1. The minimum absolute atomic E-state index is 0.259. The van der Waals surface area contributed by atoms with Crippen molar-refractivity contribution in [2.45, 2.75) is 29.7 Å². The Morgan fingerprint density at radius 3 is 2.00 bits per heavy atom. The van der Waals surface area contributed by atoms with Gasteiger partial charge in [-0.05, 0) is 26.0 Å². The minimum atomic E-state index is -4.02. The highest BCUT2D eigenvalue weighted by Crippen LogP contribution is 2.20. The summed E-state index contributed by atoms with van der Waals surface area (Å²) in [5.41, 5.74) is 0. The molecule has 0 atom stereocenters. The van der Waals surface area contributed by atoms with E-state index >= 15 is 0 Å². The highest BCUT2D eigenvalue weighted by Gasteiger charge is 2.23. The first-order valence-electron chi connectivity index (χ1n) is 5.11. The van der Waals surface area contributed by atoms with Crippen LogP contribution in [-0.4, -0.2) is 29.2 Å². The first-order valence-corrected chi connectivity index (χ1v) is 8.48. The summed E-state index contributed by atoms with van der Waals surface area (Å²) in [5, 5.41) is 0. The van der Waals surface area contributed by atoms with Crippen LogP contribution in [0.15, 0.2) is 34.1 Å². The van der Waals surface area contributed by atoms with Gasteiger partial charge in [-0.3, -0.25) is 4.84 Å². The molecule has 1 aromatic carbocycles. The fraction of sp³-hybridized carbons (Fsp3) is 0.400. The van der Waals surface area contributed by atoms with Crippen molar-refractivity contribution in [1.82, 2.24) is 4.89 Å². The average Bonchev–Trinajstić information content (AvgIpc) is 2.25. The predicted molar refractivity (Wildman–Crippen MR) is 66.1 cm³/mol. The van der Waals surface area contributed by atoms with E-state index in [-0.39, 0.29) is 15.9 Å². The van der Waals surface area contributed by atoms with Gasteiger partial charge < -0.3 is 0 Å². The number of benzene rings is 1. The van der Waals surface area contributed by atoms with Crippen LogP contribution in [0.3, 0.4) is 0 Å². The maximum Gasteiger partial charge on any atom is 0.263 e. The van der Waals surface area contributed by atoms with Gasteiger partial charge in [0.25, 0.3) is 10.0 Å². The van der Waals surface area contributed by atoms with E-state index in [1.165, 1.54) is 24.3 Å². The Bertz CT molecular complexity index is 619. The summed E-state index contributed by atoms with van der Waals surface area (Å²) in [5.74, 6) is 0. The highest BCUT2D eigenvalue weighted by molar-refractivity contribution is 7.93. The Balaban J connectivity index is 3.26. The maximum atomic E-state index is 11.9. The highest BCUT2D eigenvalue weighted by atomic mass is 32.2. The fourth-order valence-corrected chi connectivity index (χ4v) is 3.72. The molecule has 0 saturated heterocycles. The van der Waals surface area contributed by atoms with Gasteiger partial charge in [-0.25, -0.2) is 16.8 Å². The number of nitrogens with one attached hydrogen (secondary N) is 1. The Morgan fingerprint density at radius 1 is 1.06 bits per heavy atom. The van der Waals surface area contributed by atoms with Gasteiger partial charge in [0.05, 0.1) is 11.0 Å². The molecule has 0 saturated carbocycles. The third kappa shape index (κ3) is 3.77. The van der Waals surface area contributed by atoms with Crippen LogP contribution in [0.2, 0.25) is 0 Å². The maximum absolute atomic E-state index is 11.9. The van der Waals surface area contributed by atoms with Crippen molar-refractivity contribution in [1.29, 1.82) is 0 Å². The van der Waals surface area contributed by atoms with Crippen LogP contribution in [0, 0.1) is 0 Å². The van der Waals surface area contributed by atoms with Gasteiger partial charge in [-0.15, -0.1) is 0 Å². The van der Waals surface area contributed by atoms with E-state index in [0.29, 0.717) is 0 Å². The number of hydrogen-bond acceptors (Lipinski definition) is 5. The van der Waals surface area contributed by atoms with Crippen molar-refractivity contribution in [3.05, 3.63) is 24.3 Å². The van der Waals surface area contributed by atoms with Crippen molar-refractivity contribution >= 4 is 19.9 Å². The summed E-state index contributed by atoms with van der Waals surface area (Å²) in [6.45, 7) is 3.29. The van der Waals surface area contributed by atoms with Crippen LogP contribution < -0.4 is 4.89 Å². The molecular weight excluding hydrogens is 278 g/mol. The molecule has 0 heterocycles. The molecule has 0 aliphatic rings. The lowest BCUT2D eigenvalue weighted by Gasteiger charge is -2.11. The predicted octanol–water partition coefficient (Wildman–Crippen LogP) is 0.708. The smallest absolute Gasteiger partial charge is 0.263 e. The van der Waals surface area contributed by atoms with Crippen molar-refractivity contribution in [3.8, 4) is 0 Å². The van der Waals surface area contributed by atoms with Gasteiger partial charge in [0.15, 0.2) is 9.84 Å². The molecule has 0 spiro atoms. The molecular formula is C10H15NO5S2. The van der Waals surface area contributed by atoms with Crippen molar-refractivity contribution in [2.75, 3.05) is 6.26 Å². The molecule has 0 amide bonds. The van der Waals surface area contributed by atoms with E-state index in [2.05, 4.69) is 0 Å². The summed E-state index contributed by atoms with van der Waals surface area (Å²) in [6.07, 6.45) is 0.593. The van der Waals surface area contributed by atoms with Gasteiger partial charge in [-0.1, -0.05) is 17.0 Å². The monoisotopic (exact) mass is 293 g/mol. The lowest BCUT2D eigenvalue weighted by molar-refractivity contribution is 0.0408. The number of sulfonamides is 1. The molecule has 102 valence electrons. The third-order valence-electron chi connectivity index (χ3n) is 1.93. The van der Waals surface area contributed by atoms with Crippen LogP contribution in [0.25, 0.3) is 0 Å². The second-order valence-corrected chi connectivity index (χ2v) is 7.57. The molecule has 0 bridgehead atoms. The lowest BCUT2D eigenvalue weighted by Crippen LogP contribution is -2.28. The van der Waals surface area contributed by atoms with Crippen molar-refractivity contribution < 1.29 is 21.7 Å². The number of hydrogen-bond donors (Lipinski definition) is 1. The van der Waals surface area contributed by atoms with Gasteiger partial charge in [0.1, 0.15) is 4.90 Å². The van der Waals surface area contributed by atoms with E-state index in [4.69, 9.17) is 4.84 Å². The third-order valence-corrected chi connectivity index (χ3v) is 4.47. The molecule has 0 fully saturated rings. The molecule has 1 rings (SSSR count). The van der Waals surface area contributed by atoms with Gasteiger partial charge in [0, 0.05) is 6.26 Å². The quantitative estimate of drug-likeness (QED) is 0.807. The van der Waals surface area contributed by atoms with Crippen molar-refractivity contribution in [2.24, 2.45) is 0 Å². The molecule has 8 heteroatoms. The van der Waals surface area contributed by atoms with E-state index in [1.54, 1.807) is 13.8 Å². The Hall–Kier alpha value is -0.960. The van der Waals surface area contributed by atoms with Crippen LogP contribution in [-0.2, 0) is 24.7 Å². The first kappa shape index (κ1) is 15.1. The normalized spacial score (nSPS) is 12.9. The second kappa shape index (κ2) is 5.35. The van der Waals surface area contributed by atoms with Crippen LogP contribution in [0.4, 0.5) is 0 Å². The van der Waals surface area contributed by atoms with Crippen molar-refractivity contribution in [3.63, 3.8) is 0 Å². The average molecular weight is 293 g/mol. The number of rotatable bonds is 5. The minimum Gasteiger partial charge on any atom is -0.284 e. The SMILES string of the molecule is CC(C)ONS(=O)(=O)c1ccccc1S(C)(=O)=O. The Morgan fingerprint density at radius 2 is 1.56 bits per heavy atom. The summed E-state index contributed by atoms with van der Waals surface area (Å²) >= 11 is 0. The molecule has 0 radical (unpaired) electrons. The standard InChI is InChI=1S/C10H15NO5S2/c1-8(2)16-11-18(14,15)10-7-5-4-6-9(10)17(3,12)13/h4-8,11H,1-3H3. The van der Waals surface area contributed by atoms with Gasteiger partial charge in [0.2, 0.25) is 0 Å². The Labute approximate surface area is 107 Å². The molecule has 0 unspecified atom stereocenters. The summed E-state index contributed by atoms with van der Waals surface area (Å²) in [6, 6.07) is 5.35. The van der Waals surface area contributed by atoms with Crippen LogP contribution >= 0.6 is 0 Å². The molecule has 18 heavy (non-hydrogen) atoms. The summed E-state index contributed by atoms with van der Waals surface area (Å²) in [7, 11) is -7.65. The second-order valence-electron chi connectivity index (χ2n) is 3.97. The van der Waals surface area contributed by atoms with E-state index in [0.717, 1.165) is 6.26 Å². The zero-order valence-electron chi connectivity index (χ0n) is 10.2. The topological polar surface area (TPSA) is 89.5 Å². The largest absolute Gasteiger partial charge is 0.284 e. The van der Waals surface area contributed by atoms with E-state index in [1.807, 2.05) is 4.89 Å². The molecule has 1 aromatic rings. The molecule has 1 N–H and O–H groups in total. The van der Waals surface area contributed by atoms with Gasteiger partial charge in [-0.2, -0.15) is 0 Å². The molecule has 0 aromatic heterocycles. The summed E-state index contributed by atoms with van der Waals surface area (Å²) in [4.78, 5) is 6.11. The lowest BCUT2D eigenvalue weighted by atomic mass is 10.4. The molecule has 6 nitrogen and oxygen atoms in total. The summed E-state index contributed by atoms with van der Waals surface area (Å²) < 4.78 is 46.8. The zero-order valence-corrected chi connectivity index (χ0v) is 11.9. The van der Waals surface area contributed by atoms with Crippen LogP contribution in [0.1, 0.15) is 13.8 Å². The van der Waals surface area contributed by atoms with E-state index < -0.39 is 19.9 Å². The fourth-order valence-electron chi connectivity index (χ4n) is 1.18. The Kier molecular flexibility index (Phi) is 4.49. The molecule has 0 aliphatic carbocycles. The zero-order chi connectivity index (χ0) is 14.0. The van der Waals surface area contributed by atoms with E-state index in [9.17, 15) is 16.8 Å². The molecule has 0 aliphatic heterocycles. The van der Waals surface area contributed by atoms with Gasteiger partial charge >= 0.3 is 0 Å². The first-order chi connectivity index (χ1) is 8.14. The van der Waals surface area contributed by atoms with Crippen LogP contribution in [0.5, 0.6) is 0 Å².